The summed E-state index contributed by atoms with van der Waals surface area (Å²) in [6, 6.07) is 0. The minimum atomic E-state index is 0. The molecule has 0 saturated heterocycles. The van der Waals surface area contributed by atoms with Crippen LogP contribution in [0.15, 0.2) is 0 Å². The average molecular weight is 227 g/mol. The van der Waals surface area contributed by atoms with Crippen molar-refractivity contribution in [1.82, 2.24) is 15.0 Å². The van der Waals surface area contributed by atoms with E-state index in [1.165, 1.54) is 0 Å². The van der Waals surface area contributed by atoms with E-state index < -0.39 is 0 Å². The number of halogens is 3. The second-order valence-corrected chi connectivity index (χ2v) is 2.16. The van der Waals surface area contributed by atoms with Gasteiger partial charge >= 0.3 is 37.7 Å². The van der Waals surface area contributed by atoms with Crippen LogP contribution in [-0.4, -0.2) is 52.7 Å². The zero-order chi connectivity index (χ0) is 6.85. The Labute approximate surface area is 102 Å². The topological polar surface area (TPSA) is 38.7 Å². The maximum absolute atomic E-state index is 5.32. The van der Waals surface area contributed by atoms with Gasteiger partial charge in [0, 0.05) is 0 Å². The monoisotopic (exact) mass is 225 g/mol. The molecule has 0 bridgehead atoms. The van der Waals surface area contributed by atoms with E-state index in [4.69, 9.17) is 34.8 Å². The van der Waals surface area contributed by atoms with Gasteiger partial charge in [-0.25, -0.2) is 0 Å². The van der Waals surface area contributed by atoms with Crippen molar-refractivity contribution in [3.63, 3.8) is 0 Å². The number of hydrogen-bond donors (Lipinski definition) is 0. The molecule has 0 N–H and O–H groups in total. The first kappa shape index (κ1) is 11.1. The Morgan fingerprint density at radius 3 is 1.10 bits per heavy atom. The van der Waals surface area contributed by atoms with Gasteiger partial charge in [0.1, 0.15) is 0 Å². The molecular formula is C3H2CaCl3N3. The van der Waals surface area contributed by atoms with Crippen LogP contribution >= 0.6 is 34.8 Å². The Bertz CT molecular complexity index is 180. The van der Waals surface area contributed by atoms with Crippen LogP contribution in [0.1, 0.15) is 0 Å². The van der Waals surface area contributed by atoms with Gasteiger partial charge in [-0.15, -0.1) is 0 Å². The van der Waals surface area contributed by atoms with E-state index in [1.54, 1.807) is 0 Å². The van der Waals surface area contributed by atoms with E-state index in [9.17, 15) is 0 Å². The summed E-state index contributed by atoms with van der Waals surface area (Å²) in [7, 11) is 0. The van der Waals surface area contributed by atoms with Crippen LogP contribution in [0, 0.1) is 0 Å². The first-order valence-electron chi connectivity index (χ1n) is 1.91. The molecule has 0 amide bonds. The summed E-state index contributed by atoms with van der Waals surface area (Å²) in [5.41, 5.74) is 0. The summed E-state index contributed by atoms with van der Waals surface area (Å²) in [5, 5.41) is 0.00000000000000178. The van der Waals surface area contributed by atoms with E-state index in [0.717, 1.165) is 0 Å². The van der Waals surface area contributed by atoms with Gasteiger partial charge in [-0.1, -0.05) is 0 Å². The van der Waals surface area contributed by atoms with Crippen LogP contribution in [-0.2, 0) is 0 Å². The molecule has 52 valence electrons. The van der Waals surface area contributed by atoms with Crippen LogP contribution < -0.4 is 0 Å². The van der Waals surface area contributed by atoms with Gasteiger partial charge in [-0.05, 0) is 34.8 Å². The Morgan fingerprint density at radius 1 is 0.700 bits per heavy atom. The van der Waals surface area contributed by atoms with Crippen molar-refractivity contribution in [1.29, 1.82) is 0 Å². The van der Waals surface area contributed by atoms with Crippen LogP contribution in [0.4, 0.5) is 0 Å². The van der Waals surface area contributed by atoms with E-state index in [-0.39, 0.29) is 53.6 Å². The van der Waals surface area contributed by atoms with Crippen molar-refractivity contribution in [3.05, 3.63) is 15.9 Å². The van der Waals surface area contributed by atoms with Crippen molar-refractivity contribution < 1.29 is 0 Å². The molecule has 1 heterocycles. The van der Waals surface area contributed by atoms with Gasteiger partial charge in [0.2, 0.25) is 15.9 Å². The Kier molecular flexibility index (Phi) is 5.47. The van der Waals surface area contributed by atoms with Crippen LogP contribution in [0.2, 0.25) is 15.9 Å². The quantitative estimate of drug-likeness (QED) is 0.618. The number of aromatic nitrogens is 3. The molecule has 1 rings (SSSR count). The standard InChI is InChI=1S/C3Cl3N3.Ca.2H/c4-1-7-2(5)9-3(6)8-1;;;. The fraction of sp³-hybridized carbons (Fsp3) is 0. The van der Waals surface area contributed by atoms with Crippen LogP contribution in [0.3, 0.4) is 0 Å². The van der Waals surface area contributed by atoms with E-state index in [1.807, 2.05) is 0 Å². The summed E-state index contributed by atoms with van der Waals surface area (Å²) in [6.45, 7) is 0. The molecule has 10 heavy (non-hydrogen) atoms. The molecule has 0 fully saturated rings. The SMILES string of the molecule is Clc1nc(Cl)nc(Cl)n1.[CaH2]. The van der Waals surface area contributed by atoms with E-state index in [0.29, 0.717) is 0 Å². The molecule has 0 radical (unpaired) electrons. The average Bonchev–Trinajstić information content (AvgIpc) is 1.59. The summed E-state index contributed by atoms with van der Waals surface area (Å²) < 4.78 is 0. The second kappa shape index (κ2) is 4.91. The molecule has 0 aliphatic carbocycles. The van der Waals surface area contributed by atoms with Crippen molar-refractivity contribution in [2.75, 3.05) is 0 Å². The predicted octanol–water partition coefficient (Wildman–Crippen LogP) is 0.916. The first-order chi connectivity index (χ1) is 4.18. The van der Waals surface area contributed by atoms with E-state index in [2.05, 4.69) is 15.0 Å². The summed E-state index contributed by atoms with van der Waals surface area (Å²) >= 11 is 16.0. The molecular weight excluding hydrogens is 224 g/mol. The molecule has 0 saturated carbocycles. The Hall–Kier alpha value is 1.14. The van der Waals surface area contributed by atoms with E-state index >= 15 is 0 Å². The molecule has 0 aliphatic heterocycles. The Balaban J connectivity index is 0.000000810. The van der Waals surface area contributed by atoms with Crippen molar-refractivity contribution in [3.8, 4) is 0 Å². The summed E-state index contributed by atoms with van der Waals surface area (Å²) in [5.74, 6) is 0. The molecule has 7 heteroatoms. The van der Waals surface area contributed by atoms with Crippen LogP contribution in [0.25, 0.3) is 0 Å². The molecule has 0 aliphatic rings. The zero-order valence-corrected chi connectivity index (χ0v) is 6.24. The molecule has 1 aromatic rings. The third kappa shape index (κ3) is 3.51. The fourth-order valence-corrected chi connectivity index (χ4v) is 0.913. The van der Waals surface area contributed by atoms with Gasteiger partial charge < -0.3 is 0 Å². The molecule has 1 aromatic heterocycles. The first-order valence-corrected chi connectivity index (χ1v) is 3.04. The molecule has 0 aromatic carbocycles. The summed E-state index contributed by atoms with van der Waals surface area (Å²) in [4.78, 5) is 10.4. The van der Waals surface area contributed by atoms with Crippen molar-refractivity contribution in [2.45, 2.75) is 0 Å². The zero-order valence-electron chi connectivity index (χ0n) is 3.98. The molecule has 3 nitrogen and oxygen atoms in total. The van der Waals surface area contributed by atoms with Gasteiger partial charge in [-0.3, -0.25) is 0 Å². The normalized spacial score (nSPS) is 8.70. The van der Waals surface area contributed by atoms with Crippen LogP contribution in [0.5, 0.6) is 0 Å². The molecule has 0 unspecified atom stereocenters. The van der Waals surface area contributed by atoms with Gasteiger partial charge in [0.15, 0.2) is 0 Å². The van der Waals surface area contributed by atoms with Gasteiger partial charge in [-0.2, -0.15) is 15.0 Å². The minimum absolute atomic E-state index is 0. The van der Waals surface area contributed by atoms with Gasteiger partial charge in [0.25, 0.3) is 0 Å². The third-order valence-corrected chi connectivity index (χ3v) is 1.06. The Morgan fingerprint density at radius 2 is 0.900 bits per heavy atom. The number of hydrogen-bond acceptors (Lipinski definition) is 3. The van der Waals surface area contributed by atoms with Gasteiger partial charge in [0.05, 0.1) is 0 Å². The maximum atomic E-state index is 5.32. The molecule has 0 atom stereocenters. The molecule has 0 spiro atoms. The number of rotatable bonds is 0. The second-order valence-electron chi connectivity index (χ2n) is 1.14. The predicted molar refractivity (Wildman–Crippen MR) is 43.4 cm³/mol. The third-order valence-electron chi connectivity index (χ3n) is 0.554. The van der Waals surface area contributed by atoms with Crippen molar-refractivity contribution >= 4 is 72.5 Å². The number of nitrogens with zero attached hydrogens (tertiary/aromatic N) is 3. The fourth-order valence-electron chi connectivity index (χ4n) is 0.303. The summed E-state index contributed by atoms with van der Waals surface area (Å²) in [6.07, 6.45) is 0. The van der Waals surface area contributed by atoms with Crippen molar-refractivity contribution in [2.24, 2.45) is 0 Å².